The summed E-state index contributed by atoms with van der Waals surface area (Å²) in [5, 5.41) is 0. The maximum Gasteiger partial charge on any atom is 0.338 e. The summed E-state index contributed by atoms with van der Waals surface area (Å²) in [7, 11) is 0. The summed E-state index contributed by atoms with van der Waals surface area (Å²) in [6, 6.07) is 13.2. The molecular weight excluding hydrogens is 372 g/mol. The predicted octanol–water partition coefficient (Wildman–Crippen LogP) is 2.51. The van der Waals surface area contributed by atoms with Crippen LogP contribution in [0.5, 0.6) is 0 Å². The molecule has 1 aliphatic heterocycles. The highest BCUT2D eigenvalue weighted by molar-refractivity contribution is 6.21. The molecule has 0 unspecified atom stereocenters. The molecule has 0 N–H and O–H groups in total. The first-order valence-electron chi connectivity index (χ1n) is 9.45. The van der Waals surface area contributed by atoms with Gasteiger partial charge in [0.2, 0.25) is 0 Å². The molecule has 1 aliphatic rings. The fourth-order valence-corrected chi connectivity index (χ4v) is 3.24. The zero-order valence-corrected chi connectivity index (χ0v) is 16.4. The second kappa shape index (κ2) is 8.68. The molecular formula is C22H22N2O5. The van der Waals surface area contributed by atoms with Crippen molar-refractivity contribution >= 4 is 23.7 Å². The number of nitrogens with zero attached hydrogens (tertiary/aromatic N) is 2. The van der Waals surface area contributed by atoms with Crippen LogP contribution in [0.3, 0.4) is 0 Å². The number of esters is 1. The smallest absolute Gasteiger partial charge is 0.338 e. The van der Waals surface area contributed by atoms with Crippen LogP contribution in [-0.2, 0) is 16.1 Å². The van der Waals surface area contributed by atoms with Crippen LogP contribution in [0, 0.1) is 0 Å². The topological polar surface area (TPSA) is 84.0 Å². The van der Waals surface area contributed by atoms with Crippen molar-refractivity contribution < 1.29 is 23.9 Å². The molecule has 0 saturated heterocycles. The minimum Gasteiger partial charge on any atom is -0.452 e. The SMILES string of the molecule is CCN(CC)C(=O)COC(=O)c1cccc(CN2C(=O)c3ccccc3C2=O)c1. The van der Waals surface area contributed by atoms with Gasteiger partial charge >= 0.3 is 5.97 Å². The normalized spacial score (nSPS) is 12.7. The Bertz CT molecular complexity index is 930. The van der Waals surface area contributed by atoms with Gasteiger partial charge in [0.05, 0.1) is 23.2 Å². The minimum atomic E-state index is -0.630. The van der Waals surface area contributed by atoms with Crippen molar-refractivity contribution in [2.24, 2.45) is 0 Å². The van der Waals surface area contributed by atoms with Crippen molar-refractivity contribution in [1.29, 1.82) is 0 Å². The number of hydrogen-bond donors (Lipinski definition) is 0. The highest BCUT2D eigenvalue weighted by Gasteiger charge is 2.35. The molecule has 0 aliphatic carbocycles. The van der Waals surface area contributed by atoms with Gasteiger partial charge < -0.3 is 9.64 Å². The van der Waals surface area contributed by atoms with Crippen molar-refractivity contribution in [3.8, 4) is 0 Å². The molecule has 7 nitrogen and oxygen atoms in total. The summed E-state index contributed by atoms with van der Waals surface area (Å²) < 4.78 is 5.11. The third kappa shape index (κ3) is 4.18. The van der Waals surface area contributed by atoms with Crippen molar-refractivity contribution in [2.75, 3.05) is 19.7 Å². The van der Waals surface area contributed by atoms with E-state index in [4.69, 9.17) is 4.74 Å². The van der Waals surface area contributed by atoms with E-state index >= 15 is 0 Å². The predicted molar refractivity (Wildman–Crippen MR) is 105 cm³/mol. The molecule has 0 spiro atoms. The number of ether oxygens (including phenoxy) is 1. The Morgan fingerprint density at radius 3 is 2.14 bits per heavy atom. The number of carbonyl (C=O) groups is 4. The van der Waals surface area contributed by atoms with Crippen LogP contribution in [0.15, 0.2) is 48.5 Å². The van der Waals surface area contributed by atoms with Crippen LogP contribution >= 0.6 is 0 Å². The van der Waals surface area contributed by atoms with E-state index in [0.717, 1.165) is 4.90 Å². The van der Waals surface area contributed by atoms with Crippen molar-refractivity contribution in [1.82, 2.24) is 9.80 Å². The van der Waals surface area contributed by atoms with Gasteiger partial charge in [0.25, 0.3) is 17.7 Å². The van der Waals surface area contributed by atoms with Crippen LogP contribution in [-0.4, -0.2) is 53.2 Å². The molecule has 0 bridgehead atoms. The van der Waals surface area contributed by atoms with Gasteiger partial charge in [-0.2, -0.15) is 0 Å². The number of fused-ring (bicyclic) bond motifs is 1. The maximum absolute atomic E-state index is 12.5. The highest BCUT2D eigenvalue weighted by Crippen LogP contribution is 2.24. The third-order valence-corrected chi connectivity index (χ3v) is 4.82. The molecule has 29 heavy (non-hydrogen) atoms. The van der Waals surface area contributed by atoms with Crippen molar-refractivity contribution in [3.63, 3.8) is 0 Å². The molecule has 0 saturated carbocycles. The molecule has 1 heterocycles. The van der Waals surface area contributed by atoms with Gasteiger partial charge in [0.15, 0.2) is 6.61 Å². The quantitative estimate of drug-likeness (QED) is 0.532. The molecule has 7 heteroatoms. The van der Waals surface area contributed by atoms with Crippen LogP contribution in [0.2, 0.25) is 0 Å². The lowest BCUT2D eigenvalue weighted by Gasteiger charge is -2.18. The second-order valence-electron chi connectivity index (χ2n) is 6.58. The van der Waals surface area contributed by atoms with Crippen LogP contribution in [0.4, 0.5) is 0 Å². The molecule has 0 aromatic heterocycles. The molecule has 0 atom stereocenters. The fraction of sp³-hybridized carbons (Fsp3) is 0.273. The Kier molecular flexibility index (Phi) is 6.07. The zero-order chi connectivity index (χ0) is 21.0. The summed E-state index contributed by atoms with van der Waals surface area (Å²) in [5.74, 6) is -1.60. The average molecular weight is 394 g/mol. The number of likely N-dealkylation sites (N-methyl/N-ethyl adjacent to an activating group) is 1. The number of amides is 3. The molecule has 3 rings (SSSR count). The third-order valence-electron chi connectivity index (χ3n) is 4.82. The van der Waals surface area contributed by atoms with Gasteiger partial charge in [-0.1, -0.05) is 24.3 Å². The molecule has 0 radical (unpaired) electrons. The number of benzene rings is 2. The molecule has 2 aromatic rings. The summed E-state index contributed by atoms with van der Waals surface area (Å²) in [6.45, 7) is 4.51. The summed E-state index contributed by atoms with van der Waals surface area (Å²) >= 11 is 0. The van der Waals surface area contributed by atoms with Crippen LogP contribution in [0.1, 0.15) is 50.5 Å². The number of carbonyl (C=O) groups excluding carboxylic acids is 4. The standard InChI is InChI=1S/C22H22N2O5/c1-3-23(4-2)19(25)14-29-22(28)16-9-7-8-15(12-16)13-24-20(26)17-10-5-6-11-18(17)21(24)27/h5-12H,3-4,13-14H2,1-2H3. The first-order valence-corrected chi connectivity index (χ1v) is 9.45. The Morgan fingerprint density at radius 1 is 0.931 bits per heavy atom. The Balaban J connectivity index is 1.67. The number of imide groups is 1. The van der Waals surface area contributed by atoms with Gasteiger partial charge in [-0.15, -0.1) is 0 Å². The summed E-state index contributed by atoms with van der Waals surface area (Å²) in [6.07, 6.45) is 0. The Morgan fingerprint density at radius 2 is 1.55 bits per heavy atom. The number of hydrogen-bond acceptors (Lipinski definition) is 5. The van der Waals surface area contributed by atoms with Crippen molar-refractivity contribution in [2.45, 2.75) is 20.4 Å². The van der Waals surface area contributed by atoms with E-state index in [1.165, 1.54) is 0 Å². The van der Waals surface area contributed by atoms with Gasteiger partial charge in [-0.05, 0) is 43.7 Å². The van der Waals surface area contributed by atoms with E-state index in [-0.39, 0.29) is 36.4 Å². The van der Waals surface area contributed by atoms with E-state index in [1.807, 2.05) is 13.8 Å². The van der Waals surface area contributed by atoms with E-state index in [0.29, 0.717) is 29.8 Å². The van der Waals surface area contributed by atoms with Gasteiger partial charge in [0, 0.05) is 13.1 Å². The average Bonchev–Trinajstić information content (AvgIpc) is 2.98. The van der Waals surface area contributed by atoms with Crippen LogP contribution < -0.4 is 0 Å². The monoisotopic (exact) mass is 394 g/mol. The second-order valence-corrected chi connectivity index (χ2v) is 6.58. The summed E-state index contributed by atoms with van der Waals surface area (Å²) in [5.41, 5.74) is 1.63. The maximum atomic E-state index is 12.5. The van der Waals surface area contributed by atoms with E-state index in [9.17, 15) is 19.2 Å². The minimum absolute atomic E-state index is 0.0475. The van der Waals surface area contributed by atoms with Crippen LogP contribution in [0.25, 0.3) is 0 Å². The van der Waals surface area contributed by atoms with Crippen molar-refractivity contribution in [3.05, 3.63) is 70.8 Å². The van der Waals surface area contributed by atoms with Gasteiger partial charge in [0.1, 0.15) is 0 Å². The van der Waals surface area contributed by atoms with Gasteiger partial charge in [-0.3, -0.25) is 19.3 Å². The Labute approximate surface area is 168 Å². The zero-order valence-electron chi connectivity index (χ0n) is 16.4. The number of rotatable bonds is 7. The summed E-state index contributed by atoms with van der Waals surface area (Å²) in [4.78, 5) is 52.0. The molecule has 3 amide bonds. The largest absolute Gasteiger partial charge is 0.452 e. The molecule has 2 aromatic carbocycles. The van der Waals surface area contributed by atoms with E-state index in [2.05, 4.69) is 0 Å². The molecule has 150 valence electrons. The fourth-order valence-electron chi connectivity index (χ4n) is 3.24. The van der Waals surface area contributed by atoms with E-state index in [1.54, 1.807) is 53.4 Å². The lowest BCUT2D eigenvalue weighted by atomic mass is 10.1. The molecule has 0 fully saturated rings. The Hall–Kier alpha value is -3.48. The first kappa shape index (κ1) is 20.3. The van der Waals surface area contributed by atoms with E-state index < -0.39 is 5.97 Å². The highest BCUT2D eigenvalue weighted by atomic mass is 16.5. The lowest BCUT2D eigenvalue weighted by molar-refractivity contribution is -0.134. The lowest BCUT2D eigenvalue weighted by Crippen LogP contribution is -2.34. The first-order chi connectivity index (χ1) is 14.0. The van der Waals surface area contributed by atoms with Gasteiger partial charge in [-0.25, -0.2) is 4.79 Å².